The topological polar surface area (TPSA) is 23.6 Å². The van der Waals surface area contributed by atoms with Gasteiger partial charge in [-0.05, 0) is 36.9 Å². The Labute approximate surface area is 168 Å². The zero-order valence-corrected chi connectivity index (χ0v) is 13.8. The molecule has 0 atom stereocenters. The maximum Gasteiger partial charge on any atom is 0.226 e. The van der Waals surface area contributed by atoms with Gasteiger partial charge in [-0.15, -0.1) is 0 Å². The number of benzene rings is 2. The van der Waals surface area contributed by atoms with Crippen LogP contribution < -0.4 is 4.90 Å². The maximum atomic E-state index is 13.4. The summed E-state index contributed by atoms with van der Waals surface area (Å²) in [5.41, 5.74) is -0.0684. The standard InChI is InChI=1S/C22H28N2O/c1-2-22(25)24(20-11-7-4-8-12-20)21-14-17-23(18-15-21)16-13-19-9-5-3-6-10-19/h3-12,21H,2,13-18H2,1H3/i1D3,2D2,4D,7D,8D,11D,12D,13D2. The van der Waals surface area contributed by atoms with Gasteiger partial charge in [-0.2, -0.15) is 0 Å². The average Bonchev–Trinajstić information content (AvgIpc) is 2.84. The SMILES string of the molecule is [2H]c1c([2H])c([2H])c(N(C(=O)C([2H])([2H])C([2H])([2H])[2H])C2CCN(CC([2H])([2H])c3ccccc3)CC2)c([2H])c1[2H]. The summed E-state index contributed by atoms with van der Waals surface area (Å²) >= 11 is 0. The van der Waals surface area contributed by atoms with Crippen LogP contribution in [0.1, 0.15) is 48.1 Å². The van der Waals surface area contributed by atoms with Crippen molar-refractivity contribution in [3.8, 4) is 0 Å². The number of carbonyl (C=O) groups excluding carboxylic acids is 1. The Balaban J connectivity index is 1.95. The molecule has 0 unspecified atom stereocenters. The number of rotatable bonds is 6. The zero-order chi connectivity index (χ0) is 27.9. The summed E-state index contributed by atoms with van der Waals surface area (Å²) < 4.78 is 95.9. The van der Waals surface area contributed by atoms with Gasteiger partial charge in [0.2, 0.25) is 5.91 Å². The molecule has 2 aromatic rings. The van der Waals surface area contributed by atoms with Gasteiger partial charge in [-0.25, -0.2) is 0 Å². The van der Waals surface area contributed by atoms with Gasteiger partial charge in [0.15, 0.2) is 0 Å². The Morgan fingerprint density at radius 3 is 2.64 bits per heavy atom. The Morgan fingerprint density at radius 1 is 1.24 bits per heavy atom. The lowest BCUT2D eigenvalue weighted by atomic mass is 10.0. The molecule has 1 heterocycles. The van der Waals surface area contributed by atoms with Crippen molar-refractivity contribution in [2.24, 2.45) is 0 Å². The van der Waals surface area contributed by atoms with Gasteiger partial charge >= 0.3 is 0 Å². The van der Waals surface area contributed by atoms with Gasteiger partial charge in [0, 0.05) is 47.3 Å². The smallest absolute Gasteiger partial charge is 0.226 e. The number of para-hydroxylation sites is 1. The Kier molecular flexibility index (Phi) is 2.84. The molecule has 0 bridgehead atoms. The molecule has 1 saturated heterocycles. The van der Waals surface area contributed by atoms with Gasteiger partial charge in [0.25, 0.3) is 0 Å². The second-order valence-electron chi connectivity index (χ2n) is 5.82. The third-order valence-corrected chi connectivity index (χ3v) is 4.26. The van der Waals surface area contributed by atoms with Crippen LogP contribution in [-0.2, 0) is 11.2 Å². The van der Waals surface area contributed by atoms with Gasteiger partial charge < -0.3 is 9.80 Å². The summed E-state index contributed by atoms with van der Waals surface area (Å²) in [7, 11) is 0. The Bertz CT molecular complexity index is 1120. The first kappa shape index (κ1) is 8.05. The van der Waals surface area contributed by atoms with Crippen LogP contribution in [-0.4, -0.2) is 36.5 Å². The van der Waals surface area contributed by atoms with E-state index in [4.69, 9.17) is 16.4 Å². The van der Waals surface area contributed by atoms with E-state index in [2.05, 4.69) is 0 Å². The minimum absolute atomic E-state index is 0.0441. The van der Waals surface area contributed by atoms with E-state index in [1.165, 1.54) is 0 Å². The number of anilines is 1. The highest BCUT2D eigenvalue weighted by Gasteiger charge is 2.28. The summed E-state index contributed by atoms with van der Waals surface area (Å²) in [6.07, 6.45) is -4.75. The molecule has 0 saturated carbocycles. The van der Waals surface area contributed by atoms with Crippen LogP contribution >= 0.6 is 0 Å². The highest BCUT2D eigenvalue weighted by molar-refractivity contribution is 5.93. The minimum atomic E-state index is -3.38. The van der Waals surface area contributed by atoms with E-state index in [1.54, 1.807) is 30.3 Å². The van der Waals surface area contributed by atoms with E-state index < -0.39 is 67.4 Å². The van der Waals surface area contributed by atoms with Crippen LogP contribution in [0, 0.1) is 0 Å². The number of hydrogen-bond acceptors (Lipinski definition) is 2. The molecular formula is C22H28N2O. The summed E-state index contributed by atoms with van der Waals surface area (Å²) in [6, 6.07) is 4.15. The Morgan fingerprint density at radius 2 is 1.96 bits per heavy atom. The second kappa shape index (κ2) is 8.82. The first-order chi connectivity index (χ1) is 17.0. The molecule has 25 heavy (non-hydrogen) atoms. The van der Waals surface area contributed by atoms with Crippen molar-refractivity contribution >= 4 is 11.6 Å². The molecule has 0 aliphatic carbocycles. The van der Waals surface area contributed by atoms with Crippen molar-refractivity contribution in [1.29, 1.82) is 0 Å². The van der Waals surface area contributed by atoms with Crippen LogP contribution in [0.4, 0.5) is 5.69 Å². The molecule has 2 aromatic carbocycles. The molecule has 1 aliphatic heterocycles. The highest BCUT2D eigenvalue weighted by Crippen LogP contribution is 2.24. The van der Waals surface area contributed by atoms with Crippen molar-refractivity contribution in [1.82, 2.24) is 4.90 Å². The molecule has 1 amide bonds. The fraction of sp³-hybridized carbons (Fsp3) is 0.409. The molecule has 0 N–H and O–H groups in total. The number of piperidine rings is 1. The van der Waals surface area contributed by atoms with E-state index >= 15 is 0 Å². The Hall–Kier alpha value is -2.13. The molecular weight excluding hydrogens is 308 g/mol. The van der Waals surface area contributed by atoms with Crippen molar-refractivity contribution in [2.75, 3.05) is 24.5 Å². The summed E-state index contributed by atoms with van der Waals surface area (Å²) in [5.74, 6) is -1.51. The second-order valence-corrected chi connectivity index (χ2v) is 5.82. The molecule has 3 heteroatoms. The highest BCUT2D eigenvalue weighted by atomic mass is 16.2. The fourth-order valence-electron chi connectivity index (χ4n) is 2.97. The zero-order valence-electron chi connectivity index (χ0n) is 25.8. The molecule has 3 rings (SSSR count). The quantitative estimate of drug-likeness (QED) is 0.783. The maximum absolute atomic E-state index is 13.4. The van der Waals surface area contributed by atoms with Gasteiger partial charge in [0.1, 0.15) is 0 Å². The molecule has 1 aliphatic rings. The van der Waals surface area contributed by atoms with Crippen molar-refractivity contribution < 1.29 is 21.2 Å². The van der Waals surface area contributed by atoms with Crippen LogP contribution in [0.25, 0.3) is 0 Å². The third-order valence-electron chi connectivity index (χ3n) is 4.26. The van der Waals surface area contributed by atoms with Gasteiger partial charge in [-0.3, -0.25) is 4.79 Å². The van der Waals surface area contributed by atoms with Crippen LogP contribution in [0.3, 0.4) is 0 Å². The van der Waals surface area contributed by atoms with Gasteiger partial charge in [-0.1, -0.05) is 55.3 Å². The fourth-order valence-corrected chi connectivity index (χ4v) is 2.97. The van der Waals surface area contributed by atoms with E-state index in [9.17, 15) is 4.79 Å². The molecule has 0 aromatic heterocycles. The number of carbonyl (C=O) groups is 1. The summed E-state index contributed by atoms with van der Waals surface area (Å²) in [5, 5.41) is 0. The first-order valence-corrected chi connectivity index (χ1v) is 8.19. The van der Waals surface area contributed by atoms with Crippen molar-refractivity contribution in [2.45, 2.75) is 38.5 Å². The molecule has 0 spiro atoms. The number of nitrogens with zero attached hydrogens (tertiary/aromatic N) is 2. The normalized spacial score (nSPS) is 24.5. The van der Waals surface area contributed by atoms with E-state index in [0.29, 0.717) is 5.56 Å². The molecule has 132 valence electrons. The van der Waals surface area contributed by atoms with Crippen LogP contribution in [0.2, 0.25) is 0 Å². The number of amides is 1. The average molecular weight is 349 g/mol. The van der Waals surface area contributed by atoms with Crippen LogP contribution in [0.5, 0.6) is 0 Å². The summed E-state index contributed by atoms with van der Waals surface area (Å²) in [6.45, 7) is -2.79. The lowest BCUT2D eigenvalue weighted by Gasteiger charge is -2.38. The third kappa shape index (κ3) is 4.70. The number of hydrogen-bond donors (Lipinski definition) is 0. The van der Waals surface area contributed by atoms with E-state index in [0.717, 1.165) is 4.90 Å². The lowest BCUT2D eigenvalue weighted by Crippen LogP contribution is -2.47. The lowest BCUT2D eigenvalue weighted by molar-refractivity contribution is -0.119. The van der Waals surface area contributed by atoms with Gasteiger partial charge in [0.05, 0.1) is 6.85 Å². The van der Waals surface area contributed by atoms with E-state index in [1.807, 2.05) is 4.90 Å². The summed E-state index contributed by atoms with van der Waals surface area (Å²) in [4.78, 5) is 15.9. The molecule has 0 radical (unpaired) electrons. The molecule has 3 nitrogen and oxygen atoms in total. The van der Waals surface area contributed by atoms with E-state index in [-0.39, 0.29) is 32.5 Å². The predicted octanol–water partition coefficient (Wildman–Crippen LogP) is 4.14. The molecule has 1 fully saturated rings. The number of likely N-dealkylation sites (tertiary alicyclic amines) is 1. The first-order valence-electron chi connectivity index (χ1n) is 14.2. The van der Waals surface area contributed by atoms with Crippen molar-refractivity contribution in [3.05, 3.63) is 66.1 Å². The van der Waals surface area contributed by atoms with Crippen molar-refractivity contribution in [3.63, 3.8) is 0 Å². The van der Waals surface area contributed by atoms with Crippen LogP contribution in [0.15, 0.2) is 60.5 Å². The predicted molar refractivity (Wildman–Crippen MR) is 104 cm³/mol. The largest absolute Gasteiger partial charge is 0.309 e. The minimum Gasteiger partial charge on any atom is -0.309 e. The monoisotopic (exact) mass is 348 g/mol.